The Labute approximate surface area is 300 Å². The van der Waals surface area contributed by atoms with Crippen LogP contribution in [0.1, 0.15) is 71.7 Å². The summed E-state index contributed by atoms with van der Waals surface area (Å²) in [7, 11) is 0. The van der Waals surface area contributed by atoms with Crippen molar-refractivity contribution < 1.29 is 71.8 Å². The number of carbonyl (C=O) groups excluding carboxylic acids is 7. The van der Waals surface area contributed by atoms with Gasteiger partial charge in [0.2, 0.25) is 0 Å². The lowest BCUT2D eigenvalue weighted by Crippen LogP contribution is -2.81. The molecule has 1 saturated heterocycles. The van der Waals surface area contributed by atoms with E-state index in [0.717, 1.165) is 34.6 Å². The first kappa shape index (κ1) is 38.6. The van der Waals surface area contributed by atoms with E-state index in [0.29, 0.717) is 0 Å². The molecule has 1 aromatic rings. The summed E-state index contributed by atoms with van der Waals surface area (Å²) in [5.74, 6) is -8.44. The van der Waals surface area contributed by atoms with Crippen molar-refractivity contribution in [3.05, 3.63) is 48.0 Å². The third-order valence-electron chi connectivity index (χ3n) is 11.3. The van der Waals surface area contributed by atoms with Gasteiger partial charge >= 0.3 is 35.8 Å². The van der Waals surface area contributed by atoms with E-state index in [1.54, 1.807) is 25.1 Å². The van der Waals surface area contributed by atoms with Crippen LogP contribution in [0.4, 0.5) is 0 Å². The van der Waals surface area contributed by atoms with E-state index in [4.69, 9.17) is 33.2 Å². The number of Topliss-reactive ketones (excluding diaryl/α,β-unsaturated/α-hetero) is 1. The molecule has 282 valence electrons. The molecular weight excluding hydrogens is 684 g/mol. The van der Waals surface area contributed by atoms with Crippen LogP contribution in [0.25, 0.3) is 0 Å². The predicted molar refractivity (Wildman–Crippen MR) is 175 cm³/mol. The molecular formula is C37H44O15. The number of hydrogen-bond acceptors (Lipinski definition) is 15. The molecule has 1 N–H and O–H groups in total. The van der Waals surface area contributed by atoms with Crippen LogP contribution in [-0.2, 0) is 61.9 Å². The highest BCUT2D eigenvalue weighted by atomic mass is 16.6. The monoisotopic (exact) mass is 728 g/mol. The average molecular weight is 729 g/mol. The number of benzene rings is 1. The molecule has 3 aliphatic carbocycles. The minimum Gasteiger partial charge on any atom is -0.462 e. The first-order valence-corrected chi connectivity index (χ1v) is 16.9. The van der Waals surface area contributed by atoms with Gasteiger partial charge in [0.25, 0.3) is 0 Å². The summed E-state index contributed by atoms with van der Waals surface area (Å²) >= 11 is 0. The Bertz CT molecular complexity index is 1690. The molecule has 15 heteroatoms. The number of ketones is 1. The van der Waals surface area contributed by atoms with E-state index >= 15 is 0 Å². The van der Waals surface area contributed by atoms with Gasteiger partial charge in [0.1, 0.15) is 30.5 Å². The minimum absolute atomic E-state index is 0.0630. The maximum Gasteiger partial charge on any atom is 0.338 e. The topological polar surface area (TPSA) is 204 Å². The van der Waals surface area contributed by atoms with E-state index in [1.165, 1.54) is 19.1 Å². The molecule has 5 rings (SSSR count). The lowest BCUT2D eigenvalue weighted by Gasteiger charge is -2.65. The molecule has 11 atom stereocenters. The summed E-state index contributed by atoms with van der Waals surface area (Å²) in [4.78, 5) is 92.7. The van der Waals surface area contributed by atoms with Crippen LogP contribution in [-0.4, -0.2) is 102 Å². The van der Waals surface area contributed by atoms with Crippen molar-refractivity contribution in [2.75, 3.05) is 13.2 Å². The first-order chi connectivity index (χ1) is 24.2. The summed E-state index contributed by atoms with van der Waals surface area (Å²) in [5, 5.41) is 13.2. The number of ether oxygens (including phenoxy) is 7. The smallest absolute Gasteiger partial charge is 0.338 e. The van der Waals surface area contributed by atoms with Gasteiger partial charge in [-0.25, -0.2) is 4.79 Å². The van der Waals surface area contributed by atoms with E-state index in [2.05, 4.69) is 6.58 Å². The molecule has 15 nitrogen and oxygen atoms in total. The number of fused-ring (bicyclic) bond motifs is 1. The number of aliphatic hydroxyl groups is 1. The molecule has 0 radical (unpaired) electrons. The SMILES string of the molecule is C=C1[C@@H](OC(C)=O)C[C@H](OC(C)=O)[C@@]2(COC(=O)c3ccccc3)[C@@H](OC(C)=O)[C@H](OC(C)=O)C3(O)C4(C)OC[C@@]3(C)[C@@H](CC4=O)[C@@H](OC(C)=O)[C@H]12. The zero-order valence-electron chi connectivity index (χ0n) is 30.1. The van der Waals surface area contributed by atoms with Gasteiger partial charge in [0, 0.05) is 64.7 Å². The second-order valence-corrected chi connectivity index (χ2v) is 14.4. The number of hydrogen-bond donors (Lipinski definition) is 1. The molecule has 4 fully saturated rings. The van der Waals surface area contributed by atoms with Crippen LogP contribution in [0.5, 0.6) is 0 Å². The van der Waals surface area contributed by atoms with Gasteiger partial charge in [-0.05, 0) is 24.6 Å². The highest BCUT2D eigenvalue weighted by Gasteiger charge is 2.83. The maximum absolute atomic E-state index is 14.2. The zero-order chi connectivity index (χ0) is 38.6. The first-order valence-electron chi connectivity index (χ1n) is 16.9. The fourth-order valence-electron chi connectivity index (χ4n) is 9.17. The second kappa shape index (κ2) is 13.7. The van der Waals surface area contributed by atoms with Crippen molar-refractivity contribution in [1.29, 1.82) is 0 Å². The molecule has 52 heavy (non-hydrogen) atoms. The van der Waals surface area contributed by atoms with Crippen LogP contribution < -0.4 is 0 Å². The largest absolute Gasteiger partial charge is 0.462 e. The summed E-state index contributed by atoms with van der Waals surface area (Å²) in [6.45, 7) is 11.5. The third kappa shape index (κ3) is 5.96. The zero-order valence-corrected chi connectivity index (χ0v) is 30.1. The highest BCUT2D eigenvalue weighted by Crippen LogP contribution is 2.67. The van der Waals surface area contributed by atoms with Crippen LogP contribution >= 0.6 is 0 Å². The molecule has 1 aliphatic heterocycles. The standard InChI is InChI=1S/C37H44O15/c1-18-26(48-19(2)38)15-28(49-20(3)39)36(17-46-33(44)24-12-10-9-11-13-24)29(18)30(50-21(4)40)25-14-27(43)35(8)37(45,34(25,7)16-47-35)32(52-23(6)42)31(36)51-22(5)41/h9-13,25-26,28-32,45H,1,14-17H2,2-8H3/t25-,26-,28-,29-,30+,31-,32-,34-,35?,36+,37?/m0/s1. The number of rotatable bonds is 8. The van der Waals surface area contributed by atoms with Crippen LogP contribution in [0.15, 0.2) is 42.5 Å². The van der Waals surface area contributed by atoms with E-state index < -0.39 is 113 Å². The Kier molecular flexibility index (Phi) is 10.2. The molecule has 0 spiro atoms. The normalized spacial score (nSPS) is 37.7. The molecule has 4 aliphatic rings. The fourth-order valence-corrected chi connectivity index (χ4v) is 9.17. The van der Waals surface area contributed by atoms with Gasteiger partial charge in [-0.2, -0.15) is 0 Å². The van der Waals surface area contributed by atoms with Gasteiger partial charge in [-0.3, -0.25) is 28.8 Å². The summed E-state index contributed by atoms with van der Waals surface area (Å²) < 4.78 is 41.9. The molecule has 3 saturated carbocycles. The highest BCUT2D eigenvalue weighted by molar-refractivity contribution is 5.92. The molecule has 1 aromatic carbocycles. The van der Waals surface area contributed by atoms with E-state index in [-0.39, 0.29) is 30.6 Å². The van der Waals surface area contributed by atoms with Crippen LogP contribution in [0.3, 0.4) is 0 Å². The molecule has 0 aromatic heterocycles. The molecule has 4 bridgehead atoms. The Morgan fingerprint density at radius 2 is 1.38 bits per heavy atom. The predicted octanol–water partition coefficient (Wildman–Crippen LogP) is 2.19. The Morgan fingerprint density at radius 3 is 1.94 bits per heavy atom. The summed E-state index contributed by atoms with van der Waals surface area (Å²) in [5.41, 5.74) is -8.10. The number of esters is 6. The fraction of sp³-hybridized carbons (Fsp3) is 0.595. The minimum atomic E-state index is -2.51. The van der Waals surface area contributed by atoms with Crippen molar-refractivity contribution in [2.45, 2.75) is 103 Å². The summed E-state index contributed by atoms with van der Waals surface area (Å²) in [6, 6.07) is 7.85. The molecule has 2 unspecified atom stereocenters. The van der Waals surface area contributed by atoms with Crippen LogP contribution in [0.2, 0.25) is 0 Å². The van der Waals surface area contributed by atoms with Crippen molar-refractivity contribution >= 4 is 41.6 Å². The average Bonchev–Trinajstić information content (AvgIpc) is 3.19. The van der Waals surface area contributed by atoms with Gasteiger partial charge in [0.05, 0.1) is 17.6 Å². The Morgan fingerprint density at radius 1 is 0.827 bits per heavy atom. The molecule has 1 heterocycles. The summed E-state index contributed by atoms with van der Waals surface area (Å²) in [6.07, 6.45) is -8.82. The van der Waals surface area contributed by atoms with Crippen molar-refractivity contribution in [2.24, 2.45) is 22.7 Å². The quantitative estimate of drug-likeness (QED) is 0.232. The second-order valence-electron chi connectivity index (χ2n) is 14.4. The number of carbonyl (C=O) groups is 7. The maximum atomic E-state index is 14.2. The van der Waals surface area contributed by atoms with E-state index in [1.807, 2.05) is 0 Å². The van der Waals surface area contributed by atoms with Crippen molar-refractivity contribution in [3.63, 3.8) is 0 Å². The van der Waals surface area contributed by atoms with Crippen LogP contribution in [0, 0.1) is 22.7 Å². The Hall–Kier alpha value is -4.63. The van der Waals surface area contributed by atoms with Gasteiger partial charge in [-0.15, -0.1) is 0 Å². The lowest BCUT2D eigenvalue weighted by molar-refractivity contribution is -0.302. The van der Waals surface area contributed by atoms with Crippen molar-refractivity contribution in [1.82, 2.24) is 0 Å². The molecule has 0 amide bonds. The Balaban J connectivity index is 1.93. The van der Waals surface area contributed by atoms with Gasteiger partial charge in [-0.1, -0.05) is 31.7 Å². The third-order valence-corrected chi connectivity index (χ3v) is 11.3. The van der Waals surface area contributed by atoms with E-state index in [9.17, 15) is 38.7 Å². The van der Waals surface area contributed by atoms with Gasteiger partial charge < -0.3 is 38.3 Å². The van der Waals surface area contributed by atoms with Crippen molar-refractivity contribution in [3.8, 4) is 0 Å². The lowest BCUT2D eigenvalue weighted by atomic mass is 9.43. The van der Waals surface area contributed by atoms with Gasteiger partial charge in [0.15, 0.2) is 23.6 Å².